The first-order valence-electron chi connectivity index (χ1n) is 10.6. The second kappa shape index (κ2) is 8.02. The molecular weight excluding hydrogens is 416 g/mol. The fourth-order valence-corrected chi connectivity index (χ4v) is 4.35. The summed E-state index contributed by atoms with van der Waals surface area (Å²) >= 11 is 0. The van der Waals surface area contributed by atoms with E-state index in [2.05, 4.69) is 27.7 Å². The Hall–Kier alpha value is -4.26. The third kappa shape index (κ3) is 3.47. The molecule has 0 aliphatic carbocycles. The van der Waals surface area contributed by atoms with Crippen molar-refractivity contribution in [3.8, 4) is 22.3 Å². The molecule has 0 aliphatic rings. The van der Waals surface area contributed by atoms with Gasteiger partial charge in [-0.1, -0.05) is 29.4 Å². The van der Waals surface area contributed by atoms with Gasteiger partial charge in [0.15, 0.2) is 0 Å². The van der Waals surface area contributed by atoms with Gasteiger partial charge in [0.05, 0.1) is 34.0 Å². The van der Waals surface area contributed by atoms with Gasteiger partial charge in [0.25, 0.3) is 0 Å². The van der Waals surface area contributed by atoms with E-state index in [1.165, 1.54) is 0 Å². The van der Waals surface area contributed by atoms with Gasteiger partial charge >= 0.3 is 5.97 Å². The summed E-state index contributed by atoms with van der Waals surface area (Å²) in [5.74, 6) is -0.252. The summed E-state index contributed by atoms with van der Waals surface area (Å²) in [4.78, 5) is 21.2. The van der Waals surface area contributed by atoms with Crippen molar-refractivity contribution in [1.82, 2.24) is 19.7 Å². The Morgan fingerprint density at radius 3 is 2.55 bits per heavy atom. The fourth-order valence-electron chi connectivity index (χ4n) is 4.35. The van der Waals surface area contributed by atoms with E-state index in [0.29, 0.717) is 5.56 Å². The Labute approximate surface area is 190 Å². The van der Waals surface area contributed by atoms with Crippen LogP contribution in [0.1, 0.15) is 40.5 Å². The smallest absolute Gasteiger partial charge is 0.336 e. The number of benzene rings is 1. The van der Waals surface area contributed by atoms with Crippen molar-refractivity contribution < 1.29 is 14.4 Å². The van der Waals surface area contributed by atoms with E-state index in [1.54, 1.807) is 24.5 Å². The molecule has 0 fully saturated rings. The minimum absolute atomic E-state index is 0.0961. The third-order valence-corrected chi connectivity index (χ3v) is 5.97. The van der Waals surface area contributed by atoms with Crippen molar-refractivity contribution in [1.29, 1.82) is 0 Å². The fraction of sp³-hybridized carbons (Fsp3) is 0.154. The van der Waals surface area contributed by atoms with Gasteiger partial charge in [0.2, 0.25) is 0 Å². The predicted molar refractivity (Wildman–Crippen MR) is 125 cm³/mol. The summed E-state index contributed by atoms with van der Waals surface area (Å²) in [6.07, 6.45) is 5.53. The van der Waals surface area contributed by atoms with Gasteiger partial charge in [0, 0.05) is 35.3 Å². The van der Waals surface area contributed by atoms with Crippen LogP contribution in [0.2, 0.25) is 0 Å². The van der Waals surface area contributed by atoms with Gasteiger partial charge in [-0.05, 0) is 50.6 Å². The van der Waals surface area contributed by atoms with Crippen LogP contribution in [-0.4, -0.2) is 30.8 Å². The van der Waals surface area contributed by atoms with Crippen LogP contribution >= 0.6 is 0 Å². The molecule has 1 aromatic carbocycles. The number of aromatic carboxylic acids is 1. The quantitative estimate of drug-likeness (QED) is 0.379. The van der Waals surface area contributed by atoms with Crippen LogP contribution in [0.4, 0.5) is 0 Å². The van der Waals surface area contributed by atoms with E-state index < -0.39 is 5.97 Å². The number of fused-ring (bicyclic) bond motifs is 1. The van der Waals surface area contributed by atoms with Crippen LogP contribution < -0.4 is 0 Å². The Balaban J connectivity index is 1.79. The molecule has 5 aromatic rings. The number of carboxylic acids is 1. The Morgan fingerprint density at radius 2 is 1.85 bits per heavy atom. The van der Waals surface area contributed by atoms with Crippen molar-refractivity contribution in [3.05, 3.63) is 89.8 Å². The molecule has 0 saturated heterocycles. The van der Waals surface area contributed by atoms with Crippen molar-refractivity contribution >= 4 is 17.0 Å². The second-order valence-corrected chi connectivity index (χ2v) is 8.02. The van der Waals surface area contributed by atoms with E-state index >= 15 is 0 Å². The number of carbonyl (C=O) groups is 1. The molecule has 1 N–H and O–H groups in total. The summed E-state index contributed by atoms with van der Waals surface area (Å²) in [5.41, 5.74) is 6.72. The third-order valence-electron chi connectivity index (χ3n) is 5.97. The van der Waals surface area contributed by atoms with Crippen LogP contribution in [0.15, 0.2) is 71.6 Å². The zero-order valence-corrected chi connectivity index (χ0v) is 18.5. The molecule has 4 heterocycles. The van der Waals surface area contributed by atoms with E-state index in [9.17, 15) is 9.90 Å². The molecule has 164 valence electrons. The minimum atomic E-state index is -0.975. The molecule has 0 aliphatic heterocycles. The maximum absolute atomic E-state index is 11.9. The number of aryl methyl sites for hydroxylation is 2. The van der Waals surface area contributed by atoms with Crippen LogP contribution in [0.3, 0.4) is 0 Å². The highest BCUT2D eigenvalue weighted by Crippen LogP contribution is 2.37. The zero-order valence-electron chi connectivity index (χ0n) is 18.5. The number of aromatic nitrogens is 4. The normalized spacial score (nSPS) is 12.2. The average molecular weight is 438 g/mol. The number of rotatable bonds is 5. The highest BCUT2D eigenvalue weighted by atomic mass is 16.5. The number of carboxylic acid groups (broad SMARTS) is 1. The molecular formula is C26H22N4O3. The second-order valence-electron chi connectivity index (χ2n) is 8.02. The number of hydrogen-bond donors (Lipinski definition) is 1. The summed E-state index contributed by atoms with van der Waals surface area (Å²) in [7, 11) is 0. The molecule has 7 heteroatoms. The molecule has 0 spiro atoms. The zero-order chi connectivity index (χ0) is 23.1. The molecule has 5 rings (SSSR count). The van der Waals surface area contributed by atoms with Gasteiger partial charge in [-0.3, -0.25) is 9.97 Å². The van der Waals surface area contributed by atoms with Gasteiger partial charge in [-0.15, -0.1) is 0 Å². The summed E-state index contributed by atoms with van der Waals surface area (Å²) in [6.45, 7) is 5.85. The number of hydrogen-bond acceptors (Lipinski definition) is 5. The van der Waals surface area contributed by atoms with Gasteiger partial charge < -0.3 is 14.2 Å². The summed E-state index contributed by atoms with van der Waals surface area (Å²) < 4.78 is 7.46. The molecule has 0 saturated carbocycles. The summed E-state index contributed by atoms with van der Waals surface area (Å²) in [6, 6.07) is 14.8. The average Bonchev–Trinajstić information content (AvgIpc) is 3.38. The molecule has 0 unspecified atom stereocenters. The first-order valence-corrected chi connectivity index (χ1v) is 10.6. The minimum Gasteiger partial charge on any atom is -0.478 e. The molecule has 33 heavy (non-hydrogen) atoms. The molecule has 0 amide bonds. The molecule has 0 bridgehead atoms. The predicted octanol–water partition coefficient (Wildman–Crippen LogP) is 5.68. The lowest BCUT2D eigenvalue weighted by Gasteiger charge is -2.15. The van der Waals surface area contributed by atoms with Gasteiger partial charge in [-0.2, -0.15) is 0 Å². The largest absolute Gasteiger partial charge is 0.478 e. The first-order chi connectivity index (χ1) is 16.0. The number of pyridine rings is 2. The SMILES string of the molecule is Cc1noc(C)c1-c1cnc2c(-c3ccccc3C(=O)O)cn([C@@H](C)c3ccccn3)c2c1. The molecule has 7 nitrogen and oxygen atoms in total. The molecule has 0 radical (unpaired) electrons. The van der Waals surface area contributed by atoms with Crippen molar-refractivity contribution in [3.63, 3.8) is 0 Å². The van der Waals surface area contributed by atoms with Crippen molar-refractivity contribution in [2.24, 2.45) is 0 Å². The van der Waals surface area contributed by atoms with E-state index in [1.807, 2.05) is 50.4 Å². The first kappa shape index (κ1) is 20.6. The standard InChI is InChI=1S/C26H22N4O3/c1-15-24(17(3)33-29-15)18-12-23-25(28-13-18)21(19-8-4-5-9-20(19)26(31)32)14-30(23)16(2)22-10-6-7-11-27-22/h4-14,16H,1-3H3,(H,31,32)/t16-/m0/s1. The van der Waals surface area contributed by atoms with E-state index in [4.69, 9.17) is 9.51 Å². The summed E-state index contributed by atoms with van der Waals surface area (Å²) in [5, 5.41) is 13.8. The molecule has 4 aromatic heterocycles. The highest BCUT2D eigenvalue weighted by molar-refractivity contribution is 6.02. The Bertz CT molecular complexity index is 1470. The monoisotopic (exact) mass is 438 g/mol. The van der Waals surface area contributed by atoms with Gasteiger partial charge in [0.1, 0.15) is 5.76 Å². The highest BCUT2D eigenvalue weighted by Gasteiger charge is 2.22. The van der Waals surface area contributed by atoms with Crippen molar-refractivity contribution in [2.75, 3.05) is 0 Å². The lowest BCUT2D eigenvalue weighted by Crippen LogP contribution is -2.07. The van der Waals surface area contributed by atoms with Crippen molar-refractivity contribution in [2.45, 2.75) is 26.8 Å². The van der Waals surface area contributed by atoms with Crippen LogP contribution in [0.5, 0.6) is 0 Å². The van der Waals surface area contributed by atoms with Crippen LogP contribution in [0, 0.1) is 13.8 Å². The molecule has 1 atom stereocenters. The lowest BCUT2D eigenvalue weighted by molar-refractivity contribution is 0.0697. The number of nitrogens with zero attached hydrogens (tertiary/aromatic N) is 4. The van der Waals surface area contributed by atoms with Gasteiger partial charge in [-0.25, -0.2) is 4.79 Å². The van der Waals surface area contributed by atoms with Crippen LogP contribution in [0.25, 0.3) is 33.3 Å². The van der Waals surface area contributed by atoms with Crippen LogP contribution in [-0.2, 0) is 0 Å². The Morgan fingerprint density at radius 1 is 1.06 bits per heavy atom. The Kier molecular flexibility index (Phi) is 5.01. The maximum atomic E-state index is 11.9. The van der Waals surface area contributed by atoms with E-state index in [0.717, 1.165) is 44.9 Å². The topological polar surface area (TPSA) is 94.0 Å². The lowest BCUT2D eigenvalue weighted by atomic mass is 10.0. The van der Waals surface area contributed by atoms with E-state index in [-0.39, 0.29) is 11.6 Å². The maximum Gasteiger partial charge on any atom is 0.336 e.